The second kappa shape index (κ2) is 7.74. The molecule has 2 aromatic rings. The number of hydrogen-bond donors (Lipinski definition) is 2. The summed E-state index contributed by atoms with van der Waals surface area (Å²) in [5.41, 5.74) is 0.504. The number of carbonyl (C=O) groups is 1. The zero-order valence-corrected chi connectivity index (χ0v) is 14.1. The Morgan fingerprint density at radius 3 is 2.48 bits per heavy atom. The lowest BCUT2D eigenvalue weighted by molar-refractivity contribution is 0.0954. The van der Waals surface area contributed by atoms with E-state index in [4.69, 9.17) is 23.2 Å². The van der Waals surface area contributed by atoms with Gasteiger partial charge in [-0.25, -0.2) is 18.1 Å². The molecule has 0 aliphatic heterocycles. The molecule has 6 nitrogen and oxygen atoms in total. The minimum Gasteiger partial charge on any atom is -0.351 e. The maximum atomic E-state index is 12.0. The Balaban J connectivity index is 1.88. The summed E-state index contributed by atoms with van der Waals surface area (Å²) in [5.74, 6) is -0.277. The van der Waals surface area contributed by atoms with Crippen molar-refractivity contribution in [3.05, 3.63) is 58.3 Å². The van der Waals surface area contributed by atoms with Crippen LogP contribution in [0.4, 0.5) is 0 Å². The van der Waals surface area contributed by atoms with Crippen LogP contribution in [0.2, 0.25) is 10.2 Å². The highest BCUT2D eigenvalue weighted by molar-refractivity contribution is 7.89. The van der Waals surface area contributed by atoms with E-state index in [9.17, 15) is 13.2 Å². The smallest absolute Gasteiger partial charge is 0.251 e. The van der Waals surface area contributed by atoms with Gasteiger partial charge in [0.2, 0.25) is 10.0 Å². The summed E-state index contributed by atoms with van der Waals surface area (Å²) in [7, 11) is -3.77. The van der Waals surface area contributed by atoms with Crippen LogP contribution in [0.5, 0.6) is 0 Å². The molecule has 23 heavy (non-hydrogen) atoms. The summed E-state index contributed by atoms with van der Waals surface area (Å²) in [6.45, 7) is 0.170. The van der Waals surface area contributed by atoms with E-state index in [-0.39, 0.29) is 34.1 Å². The molecule has 0 spiro atoms. The van der Waals surface area contributed by atoms with Gasteiger partial charge in [0, 0.05) is 24.8 Å². The molecule has 1 aromatic carbocycles. The third-order valence-corrected chi connectivity index (χ3v) is 4.93. The molecule has 1 heterocycles. The van der Waals surface area contributed by atoms with E-state index in [0.717, 1.165) is 6.20 Å². The van der Waals surface area contributed by atoms with Gasteiger partial charge in [0.05, 0.1) is 5.02 Å². The highest BCUT2D eigenvalue weighted by Crippen LogP contribution is 2.21. The number of hydrogen-bond acceptors (Lipinski definition) is 4. The number of amides is 1. The molecular formula is C14H13Cl2N3O3S. The van der Waals surface area contributed by atoms with Crippen LogP contribution < -0.4 is 10.0 Å². The summed E-state index contributed by atoms with van der Waals surface area (Å²) in [5, 5.41) is 2.69. The molecule has 0 unspecified atom stereocenters. The number of halogens is 2. The molecule has 0 saturated heterocycles. The first kappa shape index (κ1) is 17.7. The minimum absolute atomic E-state index is 0.0285. The van der Waals surface area contributed by atoms with Crippen LogP contribution >= 0.6 is 23.2 Å². The van der Waals surface area contributed by atoms with Crippen molar-refractivity contribution < 1.29 is 13.2 Å². The van der Waals surface area contributed by atoms with E-state index >= 15 is 0 Å². The summed E-state index contributed by atoms with van der Waals surface area (Å²) >= 11 is 11.4. The maximum Gasteiger partial charge on any atom is 0.251 e. The SMILES string of the molecule is O=C(NCCNS(=O)(=O)c1cnc(Cl)c(Cl)c1)c1ccccc1. The minimum atomic E-state index is -3.77. The van der Waals surface area contributed by atoms with Gasteiger partial charge in [-0.05, 0) is 18.2 Å². The largest absolute Gasteiger partial charge is 0.351 e. The van der Waals surface area contributed by atoms with Crippen molar-refractivity contribution in [2.75, 3.05) is 13.1 Å². The summed E-state index contributed by atoms with van der Waals surface area (Å²) in [4.78, 5) is 15.4. The number of nitrogens with one attached hydrogen (secondary N) is 2. The fourth-order valence-electron chi connectivity index (χ4n) is 1.69. The van der Waals surface area contributed by atoms with Crippen molar-refractivity contribution in [1.29, 1.82) is 0 Å². The molecule has 0 bridgehead atoms. The molecule has 122 valence electrons. The zero-order chi connectivity index (χ0) is 16.9. The number of benzene rings is 1. The molecule has 0 aliphatic carbocycles. The fraction of sp³-hybridized carbons (Fsp3) is 0.143. The van der Waals surface area contributed by atoms with Gasteiger partial charge in [0.25, 0.3) is 5.91 Å². The van der Waals surface area contributed by atoms with Gasteiger partial charge >= 0.3 is 0 Å². The van der Waals surface area contributed by atoms with Crippen LogP contribution in [0.1, 0.15) is 10.4 Å². The van der Waals surface area contributed by atoms with Crippen LogP contribution in [0, 0.1) is 0 Å². The van der Waals surface area contributed by atoms with Crippen LogP contribution in [0.15, 0.2) is 47.5 Å². The molecule has 9 heteroatoms. The monoisotopic (exact) mass is 373 g/mol. The quantitative estimate of drug-likeness (QED) is 0.599. The van der Waals surface area contributed by atoms with E-state index in [1.807, 2.05) is 0 Å². The van der Waals surface area contributed by atoms with E-state index in [0.29, 0.717) is 5.56 Å². The second-order valence-electron chi connectivity index (χ2n) is 4.46. The first-order valence-electron chi connectivity index (χ1n) is 6.54. The molecule has 0 saturated carbocycles. The first-order chi connectivity index (χ1) is 10.9. The Morgan fingerprint density at radius 2 is 1.83 bits per heavy atom. The molecular weight excluding hydrogens is 361 g/mol. The number of carbonyl (C=O) groups excluding carboxylic acids is 1. The highest BCUT2D eigenvalue weighted by Gasteiger charge is 2.16. The van der Waals surface area contributed by atoms with Crippen molar-refractivity contribution in [2.45, 2.75) is 4.90 Å². The summed E-state index contributed by atoms with van der Waals surface area (Å²) in [6, 6.07) is 9.84. The third-order valence-electron chi connectivity index (χ3n) is 2.82. The standard InChI is InChI=1S/C14H13Cl2N3O3S/c15-12-8-11(9-18-13(12)16)23(21,22)19-7-6-17-14(20)10-4-2-1-3-5-10/h1-5,8-9,19H,6-7H2,(H,17,20). The fourth-order valence-corrected chi connectivity index (χ4v) is 3.02. The average Bonchev–Trinajstić information content (AvgIpc) is 2.54. The average molecular weight is 374 g/mol. The Hall–Kier alpha value is -1.67. The number of sulfonamides is 1. The van der Waals surface area contributed by atoms with E-state index in [1.165, 1.54) is 6.07 Å². The van der Waals surface area contributed by atoms with Gasteiger partial charge in [0.15, 0.2) is 0 Å². The molecule has 1 amide bonds. The van der Waals surface area contributed by atoms with E-state index in [2.05, 4.69) is 15.0 Å². The van der Waals surface area contributed by atoms with Gasteiger partial charge in [-0.3, -0.25) is 4.79 Å². The molecule has 0 aliphatic rings. The summed E-state index contributed by atoms with van der Waals surface area (Å²) in [6.07, 6.45) is 1.11. The van der Waals surface area contributed by atoms with Crippen LogP contribution in [-0.4, -0.2) is 32.4 Å². The molecule has 2 rings (SSSR count). The topological polar surface area (TPSA) is 88.2 Å². The number of nitrogens with zero attached hydrogens (tertiary/aromatic N) is 1. The van der Waals surface area contributed by atoms with Crippen LogP contribution in [0.25, 0.3) is 0 Å². The van der Waals surface area contributed by atoms with Crippen molar-refractivity contribution in [3.8, 4) is 0 Å². The van der Waals surface area contributed by atoms with Gasteiger partial charge in [0.1, 0.15) is 10.0 Å². The Morgan fingerprint density at radius 1 is 1.13 bits per heavy atom. The Labute approximate surface area is 143 Å². The number of aromatic nitrogens is 1. The van der Waals surface area contributed by atoms with Gasteiger partial charge in [-0.1, -0.05) is 41.4 Å². The predicted octanol–water partition coefficient (Wildman–Crippen LogP) is 2.10. The Kier molecular flexibility index (Phi) is 5.95. The van der Waals surface area contributed by atoms with Gasteiger partial charge in [-0.2, -0.15) is 0 Å². The lowest BCUT2D eigenvalue weighted by atomic mass is 10.2. The molecule has 0 fully saturated rings. The normalized spacial score (nSPS) is 11.2. The number of rotatable bonds is 6. The van der Waals surface area contributed by atoms with Gasteiger partial charge in [-0.15, -0.1) is 0 Å². The van der Waals surface area contributed by atoms with E-state index in [1.54, 1.807) is 30.3 Å². The predicted molar refractivity (Wildman–Crippen MR) is 88.2 cm³/mol. The van der Waals surface area contributed by atoms with Crippen LogP contribution in [-0.2, 0) is 10.0 Å². The second-order valence-corrected chi connectivity index (χ2v) is 7.00. The third kappa shape index (κ3) is 4.90. The van der Waals surface area contributed by atoms with Crippen molar-refractivity contribution >= 4 is 39.1 Å². The van der Waals surface area contributed by atoms with Crippen molar-refractivity contribution in [1.82, 2.24) is 15.0 Å². The molecule has 1 aromatic heterocycles. The van der Waals surface area contributed by atoms with Crippen LogP contribution in [0.3, 0.4) is 0 Å². The van der Waals surface area contributed by atoms with Crippen molar-refractivity contribution in [3.63, 3.8) is 0 Å². The molecule has 0 radical (unpaired) electrons. The van der Waals surface area contributed by atoms with Crippen molar-refractivity contribution in [2.24, 2.45) is 0 Å². The maximum absolute atomic E-state index is 12.0. The lowest BCUT2D eigenvalue weighted by Crippen LogP contribution is -2.34. The first-order valence-corrected chi connectivity index (χ1v) is 8.78. The zero-order valence-electron chi connectivity index (χ0n) is 11.8. The molecule has 2 N–H and O–H groups in total. The molecule has 0 atom stereocenters. The lowest BCUT2D eigenvalue weighted by Gasteiger charge is -2.08. The van der Waals surface area contributed by atoms with E-state index < -0.39 is 10.0 Å². The summed E-state index contributed by atoms with van der Waals surface area (Å²) < 4.78 is 26.4. The number of pyridine rings is 1. The van der Waals surface area contributed by atoms with Gasteiger partial charge < -0.3 is 5.32 Å². The Bertz CT molecular complexity index is 798. The highest BCUT2D eigenvalue weighted by atomic mass is 35.5.